The maximum atomic E-state index is 14.0. The van der Waals surface area contributed by atoms with Crippen molar-refractivity contribution < 1.29 is 19.2 Å². The van der Waals surface area contributed by atoms with Crippen LogP contribution in [0.3, 0.4) is 0 Å². The average molecular weight is 522 g/mol. The molecule has 0 radical (unpaired) electrons. The van der Waals surface area contributed by atoms with Crippen molar-refractivity contribution in [2.75, 3.05) is 25.5 Å². The quantitative estimate of drug-likeness (QED) is 0.541. The molecule has 2 aromatic rings. The Morgan fingerprint density at radius 3 is 2.34 bits per heavy atom. The number of fused-ring (bicyclic) bond motifs is 2. The number of hydrogen-bond donors (Lipinski definition) is 3. The van der Waals surface area contributed by atoms with Gasteiger partial charge in [0.15, 0.2) is 0 Å². The van der Waals surface area contributed by atoms with Gasteiger partial charge in [-0.05, 0) is 37.3 Å². The Morgan fingerprint density at radius 2 is 1.68 bits per heavy atom. The second-order valence-corrected chi connectivity index (χ2v) is 11.5. The van der Waals surface area contributed by atoms with Crippen molar-refractivity contribution in [3.63, 3.8) is 0 Å². The lowest BCUT2D eigenvalue weighted by Gasteiger charge is -2.37. The van der Waals surface area contributed by atoms with E-state index in [9.17, 15) is 19.2 Å². The van der Waals surface area contributed by atoms with Gasteiger partial charge in [-0.2, -0.15) is 0 Å². The van der Waals surface area contributed by atoms with Crippen LogP contribution in [0.1, 0.15) is 41.0 Å². The van der Waals surface area contributed by atoms with Crippen molar-refractivity contribution >= 4 is 40.1 Å². The van der Waals surface area contributed by atoms with Crippen molar-refractivity contribution in [1.82, 2.24) is 20.4 Å². The van der Waals surface area contributed by atoms with Crippen molar-refractivity contribution in [1.29, 1.82) is 0 Å². The van der Waals surface area contributed by atoms with Crippen LogP contribution >= 0.6 is 0 Å². The van der Waals surface area contributed by atoms with Gasteiger partial charge in [-0.1, -0.05) is 57.2 Å². The largest absolute Gasteiger partial charge is 0.342 e. The Labute approximate surface area is 224 Å². The summed E-state index contributed by atoms with van der Waals surface area (Å²) in [7, 11) is 1.69. The molecule has 38 heavy (non-hydrogen) atoms. The van der Waals surface area contributed by atoms with E-state index < -0.39 is 29.5 Å². The zero-order valence-electron chi connectivity index (χ0n) is 23.1. The summed E-state index contributed by atoms with van der Waals surface area (Å²) in [6.07, 6.45) is 0.589. The van der Waals surface area contributed by atoms with E-state index in [1.807, 2.05) is 63.2 Å². The Morgan fingerprint density at radius 1 is 1.00 bits per heavy atom. The number of amides is 4. The van der Waals surface area contributed by atoms with Gasteiger partial charge in [-0.25, -0.2) is 0 Å². The molecule has 9 heteroatoms. The third-order valence-electron chi connectivity index (χ3n) is 7.92. The second kappa shape index (κ2) is 10.7. The zero-order chi connectivity index (χ0) is 27.8. The molecular weight excluding hydrogens is 482 g/mol. The van der Waals surface area contributed by atoms with E-state index in [2.05, 4.69) is 16.0 Å². The topological polar surface area (TPSA) is 111 Å². The lowest BCUT2D eigenvalue weighted by Crippen LogP contribution is -2.59. The Balaban J connectivity index is 1.63. The molecule has 2 saturated heterocycles. The van der Waals surface area contributed by atoms with Crippen LogP contribution in [0.2, 0.25) is 0 Å². The maximum Gasteiger partial charge on any atom is 0.246 e. The van der Waals surface area contributed by atoms with Gasteiger partial charge in [-0.15, -0.1) is 0 Å². The minimum Gasteiger partial charge on any atom is -0.342 e. The number of likely N-dealkylation sites (N-methyl/N-ethyl adjacent to an activating group) is 1. The van der Waals surface area contributed by atoms with Crippen LogP contribution in [-0.4, -0.2) is 77.7 Å². The maximum absolute atomic E-state index is 14.0. The molecule has 2 heterocycles. The number of likely N-dealkylation sites (tertiary alicyclic amines) is 2. The van der Waals surface area contributed by atoms with E-state index in [4.69, 9.17) is 0 Å². The molecule has 0 saturated carbocycles. The molecule has 0 bridgehead atoms. The molecule has 5 atom stereocenters. The monoisotopic (exact) mass is 521 g/mol. The number of benzene rings is 2. The Bertz CT molecular complexity index is 1230. The lowest BCUT2D eigenvalue weighted by molar-refractivity contribution is -0.141. The summed E-state index contributed by atoms with van der Waals surface area (Å²) in [4.78, 5) is 56.5. The summed E-state index contributed by atoms with van der Waals surface area (Å²) < 4.78 is 0. The van der Waals surface area contributed by atoms with Crippen LogP contribution in [0.15, 0.2) is 42.5 Å². The van der Waals surface area contributed by atoms with Gasteiger partial charge in [0, 0.05) is 31.1 Å². The molecule has 204 valence electrons. The van der Waals surface area contributed by atoms with Crippen LogP contribution < -0.4 is 16.0 Å². The van der Waals surface area contributed by atoms with E-state index in [1.165, 1.54) is 6.92 Å². The highest BCUT2D eigenvalue weighted by Gasteiger charge is 2.55. The Hall–Kier alpha value is -3.46. The SMILES string of the molecule is CN[C@H](C)C(=O)N[C@H](C(=O)N1CC[C@@H]2[C@H]1[C@@H](C(=O)Nc1cccc3ccccc13)CN2C(C)=O)C(C)(C)C. The van der Waals surface area contributed by atoms with Gasteiger partial charge in [0.2, 0.25) is 23.6 Å². The molecule has 0 unspecified atom stereocenters. The third kappa shape index (κ3) is 5.25. The van der Waals surface area contributed by atoms with Crippen molar-refractivity contribution in [3.8, 4) is 0 Å². The molecule has 0 aliphatic carbocycles. The summed E-state index contributed by atoms with van der Waals surface area (Å²) in [5.41, 5.74) is 0.139. The zero-order valence-corrected chi connectivity index (χ0v) is 23.1. The van der Waals surface area contributed by atoms with Gasteiger partial charge in [0.05, 0.1) is 24.0 Å². The van der Waals surface area contributed by atoms with E-state index in [0.29, 0.717) is 18.7 Å². The smallest absolute Gasteiger partial charge is 0.246 e. The number of nitrogens with zero attached hydrogens (tertiary/aromatic N) is 2. The predicted molar refractivity (Wildman–Crippen MR) is 147 cm³/mol. The predicted octanol–water partition coefficient (Wildman–Crippen LogP) is 2.36. The number of carbonyl (C=O) groups is 4. The van der Waals surface area contributed by atoms with Crippen LogP contribution in [0.4, 0.5) is 5.69 Å². The summed E-state index contributed by atoms with van der Waals surface area (Å²) in [5, 5.41) is 10.9. The summed E-state index contributed by atoms with van der Waals surface area (Å²) in [6.45, 7) is 9.64. The number of anilines is 1. The van der Waals surface area contributed by atoms with Gasteiger partial charge in [0.1, 0.15) is 6.04 Å². The number of rotatable bonds is 6. The van der Waals surface area contributed by atoms with Crippen molar-refractivity contribution in [2.24, 2.45) is 11.3 Å². The minimum atomic E-state index is -0.780. The Kier molecular flexibility index (Phi) is 7.78. The molecule has 4 rings (SSSR count). The fraction of sp³-hybridized carbons (Fsp3) is 0.517. The van der Waals surface area contributed by atoms with E-state index in [0.717, 1.165) is 10.8 Å². The summed E-state index contributed by atoms with van der Waals surface area (Å²) >= 11 is 0. The molecule has 3 N–H and O–H groups in total. The van der Waals surface area contributed by atoms with E-state index >= 15 is 0 Å². The minimum absolute atomic E-state index is 0.113. The second-order valence-electron chi connectivity index (χ2n) is 11.5. The normalized spacial score (nSPS) is 22.6. The molecule has 2 fully saturated rings. The van der Waals surface area contributed by atoms with Crippen LogP contribution in [0, 0.1) is 11.3 Å². The molecule has 9 nitrogen and oxygen atoms in total. The summed E-state index contributed by atoms with van der Waals surface area (Å²) in [5.74, 6) is -1.42. The van der Waals surface area contributed by atoms with Gasteiger partial charge >= 0.3 is 0 Å². The molecule has 4 amide bonds. The molecule has 0 spiro atoms. The van der Waals surface area contributed by atoms with E-state index in [1.54, 1.807) is 23.8 Å². The highest BCUT2D eigenvalue weighted by Crippen LogP contribution is 2.38. The third-order valence-corrected chi connectivity index (χ3v) is 7.92. The molecule has 0 aromatic heterocycles. The van der Waals surface area contributed by atoms with E-state index in [-0.39, 0.29) is 36.2 Å². The molecule has 2 aliphatic heterocycles. The molecule has 2 aliphatic rings. The first-order valence-electron chi connectivity index (χ1n) is 13.3. The van der Waals surface area contributed by atoms with Gasteiger partial charge in [-0.3, -0.25) is 19.2 Å². The van der Waals surface area contributed by atoms with Gasteiger partial charge < -0.3 is 25.8 Å². The molecule has 2 aromatic carbocycles. The first-order chi connectivity index (χ1) is 17.9. The van der Waals surface area contributed by atoms with Crippen LogP contribution in [-0.2, 0) is 19.2 Å². The first kappa shape index (κ1) is 27.6. The fourth-order valence-electron chi connectivity index (χ4n) is 5.71. The van der Waals surface area contributed by atoms with Crippen LogP contribution in [0.5, 0.6) is 0 Å². The van der Waals surface area contributed by atoms with Crippen molar-refractivity contribution in [3.05, 3.63) is 42.5 Å². The number of nitrogens with one attached hydrogen (secondary N) is 3. The number of carbonyl (C=O) groups excluding carboxylic acids is 4. The van der Waals surface area contributed by atoms with Crippen LogP contribution in [0.25, 0.3) is 10.8 Å². The lowest BCUT2D eigenvalue weighted by atomic mass is 9.85. The van der Waals surface area contributed by atoms with Gasteiger partial charge in [0.25, 0.3) is 0 Å². The average Bonchev–Trinajstić information content (AvgIpc) is 3.46. The van der Waals surface area contributed by atoms with Crippen molar-refractivity contribution in [2.45, 2.75) is 65.2 Å². The fourth-order valence-corrected chi connectivity index (χ4v) is 5.71. The molecular formula is C29H39N5O4. The standard InChI is InChI=1S/C29H39N5O4/c1-17(30-6)26(36)32-25(29(3,4)5)28(38)33-15-14-23-24(33)21(16-34(23)18(2)35)27(37)31-22-13-9-11-19-10-7-8-12-20(19)22/h7-13,17,21,23-25,30H,14-16H2,1-6H3,(H,31,37)(H,32,36)/t17-,21+,23-,24-,25-/m1/s1. The summed E-state index contributed by atoms with van der Waals surface area (Å²) in [6, 6.07) is 11.6. The first-order valence-corrected chi connectivity index (χ1v) is 13.3. The highest BCUT2D eigenvalue weighted by molar-refractivity contribution is 6.03. The number of hydrogen-bond acceptors (Lipinski definition) is 5. The highest BCUT2D eigenvalue weighted by atomic mass is 16.2.